The molecular formula is C16H28N4. The summed E-state index contributed by atoms with van der Waals surface area (Å²) in [5, 5.41) is 3.16. The van der Waals surface area contributed by atoms with Crippen molar-refractivity contribution in [3.8, 4) is 0 Å². The first kappa shape index (κ1) is 15.1. The number of aromatic nitrogens is 2. The molecule has 0 aliphatic carbocycles. The van der Waals surface area contributed by atoms with Gasteiger partial charge in [0, 0.05) is 31.6 Å². The summed E-state index contributed by atoms with van der Waals surface area (Å²) in [5.74, 6) is 2.87. The van der Waals surface area contributed by atoms with E-state index in [0.29, 0.717) is 5.41 Å². The third-order valence-corrected chi connectivity index (χ3v) is 3.86. The average Bonchev–Trinajstić information content (AvgIpc) is 2.36. The van der Waals surface area contributed by atoms with Crippen molar-refractivity contribution in [2.45, 2.75) is 52.9 Å². The van der Waals surface area contributed by atoms with E-state index in [4.69, 9.17) is 4.98 Å². The van der Waals surface area contributed by atoms with Gasteiger partial charge in [-0.15, -0.1) is 0 Å². The molecule has 1 aromatic rings. The normalized spacial score (nSPS) is 19.0. The minimum atomic E-state index is -0.0348. The predicted molar refractivity (Wildman–Crippen MR) is 85.5 cm³/mol. The number of anilines is 2. The molecule has 20 heavy (non-hydrogen) atoms. The van der Waals surface area contributed by atoms with Gasteiger partial charge in [-0.1, -0.05) is 34.6 Å². The highest BCUT2D eigenvalue weighted by Crippen LogP contribution is 2.32. The number of nitrogens with zero attached hydrogens (tertiary/aromatic N) is 3. The zero-order valence-corrected chi connectivity index (χ0v) is 13.7. The van der Waals surface area contributed by atoms with Gasteiger partial charge in [0.1, 0.15) is 17.5 Å². The fourth-order valence-corrected chi connectivity index (χ4v) is 2.68. The van der Waals surface area contributed by atoms with Crippen LogP contribution in [0.15, 0.2) is 6.07 Å². The Morgan fingerprint density at radius 1 is 1.25 bits per heavy atom. The van der Waals surface area contributed by atoms with Crippen molar-refractivity contribution in [1.82, 2.24) is 9.97 Å². The summed E-state index contributed by atoms with van der Waals surface area (Å²) in [7, 11) is 1.92. The fourth-order valence-electron chi connectivity index (χ4n) is 2.68. The summed E-state index contributed by atoms with van der Waals surface area (Å²) in [6.07, 6.45) is 2.52. The lowest BCUT2D eigenvalue weighted by Crippen LogP contribution is -2.40. The second-order valence-corrected chi connectivity index (χ2v) is 7.62. The molecule has 0 bridgehead atoms. The van der Waals surface area contributed by atoms with Crippen LogP contribution in [0.1, 0.15) is 53.3 Å². The first-order valence-electron chi connectivity index (χ1n) is 7.53. The van der Waals surface area contributed by atoms with Crippen LogP contribution in [-0.2, 0) is 5.41 Å². The van der Waals surface area contributed by atoms with Crippen LogP contribution >= 0.6 is 0 Å². The van der Waals surface area contributed by atoms with Gasteiger partial charge in [-0.3, -0.25) is 0 Å². The fraction of sp³-hybridized carbons (Fsp3) is 0.750. The molecule has 4 heteroatoms. The zero-order valence-electron chi connectivity index (χ0n) is 13.7. The molecule has 1 fully saturated rings. The quantitative estimate of drug-likeness (QED) is 0.898. The van der Waals surface area contributed by atoms with Crippen LogP contribution in [0, 0.1) is 5.41 Å². The summed E-state index contributed by atoms with van der Waals surface area (Å²) >= 11 is 0. The Labute approximate surface area is 123 Å². The monoisotopic (exact) mass is 276 g/mol. The van der Waals surface area contributed by atoms with Crippen molar-refractivity contribution in [1.29, 1.82) is 0 Å². The van der Waals surface area contributed by atoms with Gasteiger partial charge < -0.3 is 10.2 Å². The van der Waals surface area contributed by atoms with Gasteiger partial charge >= 0.3 is 0 Å². The summed E-state index contributed by atoms with van der Waals surface area (Å²) in [6, 6.07) is 2.07. The summed E-state index contributed by atoms with van der Waals surface area (Å²) < 4.78 is 0. The van der Waals surface area contributed by atoms with Gasteiger partial charge in [-0.05, 0) is 18.3 Å². The average molecular weight is 276 g/mol. The summed E-state index contributed by atoms with van der Waals surface area (Å²) in [5.41, 5.74) is 0.331. The Morgan fingerprint density at radius 3 is 2.50 bits per heavy atom. The van der Waals surface area contributed by atoms with E-state index < -0.39 is 0 Å². The molecule has 0 amide bonds. The predicted octanol–water partition coefficient (Wildman–Crippen LogP) is 3.44. The number of nitrogens with one attached hydrogen (secondary N) is 1. The molecule has 0 radical (unpaired) electrons. The van der Waals surface area contributed by atoms with E-state index in [1.165, 1.54) is 12.8 Å². The highest BCUT2D eigenvalue weighted by molar-refractivity contribution is 5.50. The zero-order chi connectivity index (χ0) is 15.0. The lowest BCUT2D eigenvalue weighted by molar-refractivity contribution is 0.292. The molecule has 1 aliphatic rings. The van der Waals surface area contributed by atoms with Crippen LogP contribution in [0.5, 0.6) is 0 Å². The molecule has 2 heterocycles. The van der Waals surface area contributed by atoms with E-state index in [1.54, 1.807) is 0 Å². The highest BCUT2D eigenvalue weighted by atomic mass is 15.2. The van der Waals surface area contributed by atoms with Gasteiger partial charge in [0.2, 0.25) is 0 Å². The standard InChI is InChI=1S/C16H28N4/c1-15(2,3)14-18-12(17-6)10-13(19-14)20-9-7-8-16(4,5)11-20/h10H,7-9,11H2,1-6H3,(H,17,18,19). The molecule has 1 aromatic heterocycles. The molecular weight excluding hydrogens is 248 g/mol. The molecule has 0 atom stereocenters. The Bertz CT molecular complexity index is 474. The maximum atomic E-state index is 4.82. The number of piperidine rings is 1. The van der Waals surface area contributed by atoms with E-state index >= 15 is 0 Å². The van der Waals surface area contributed by atoms with E-state index in [0.717, 1.165) is 30.5 Å². The molecule has 2 rings (SSSR count). The van der Waals surface area contributed by atoms with Crippen molar-refractivity contribution >= 4 is 11.6 Å². The van der Waals surface area contributed by atoms with E-state index in [9.17, 15) is 0 Å². The maximum Gasteiger partial charge on any atom is 0.138 e. The van der Waals surface area contributed by atoms with Crippen molar-refractivity contribution in [2.75, 3.05) is 30.4 Å². The third kappa shape index (κ3) is 3.41. The molecule has 0 saturated carbocycles. The second-order valence-electron chi connectivity index (χ2n) is 7.62. The summed E-state index contributed by atoms with van der Waals surface area (Å²) in [4.78, 5) is 11.8. The smallest absolute Gasteiger partial charge is 0.138 e. The van der Waals surface area contributed by atoms with Crippen LogP contribution in [0.2, 0.25) is 0 Å². The molecule has 4 nitrogen and oxygen atoms in total. The van der Waals surface area contributed by atoms with Gasteiger partial charge in [-0.2, -0.15) is 0 Å². The Hall–Kier alpha value is -1.32. The SMILES string of the molecule is CNc1cc(N2CCCC(C)(C)C2)nc(C(C)(C)C)n1. The first-order valence-corrected chi connectivity index (χ1v) is 7.53. The Balaban J connectivity index is 2.36. The molecule has 1 saturated heterocycles. The first-order chi connectivity index (χ1) is 9.21. The van der Waals surface area contributed by atoms with Gasteiger partial charge in [-0.25, -0.2) is 9.97 Å². The summed E-state index contributed by atoms with van der Waals surface area (Å²) in [6.45, 7) is 13.3. The largest absolute Gasteiger partial charge is 0.373 e. The third-order valence-electron chi connectivity index (χ3n) is 3.86. The van der Waals surface area contributed by atoms with E-state index in [1.807, 2.05) is 7.05 Å². The van der Waals surface area contributed by atoms with Crippen LogP contribution < -0.4 is 10.2 Å². The lowest BCUT2D eigenvalue weighted by Gasteiger charge is -2.39. The van der Waals surface area contributed by atoms with Crippen molar-refractivity contribution in [2.24, 2.45) is 5.41 Å². The number of hydrogen-bond donors (Lipinski definition) is 1. The minimum absolute atomic E-state index is 0.0348. The van der Waals surface area contributed by atoms with Crippen LogP contribution in [0.4, 0.5) is 11.6 Å². The molecule has 0 unspecified atom stereocenters. The molecule has 1 N–H and O–H groups in total. The van der Waals surface area contributed by atoms with Gasteiger partial charge in [0.15, 0.2) is 0 Å². The molecule has 0 spiro atoms. The van der Waals surface area contributed by atoms with Crippen molar-refractivity contribution in [3.63, 3.8) is 0 Å². The van der Waals surface area contributed by atoms with Crippen LogP contribution in [0.3, 0.4) is 0 Å². The maximum absolute atomic E-state index is 4.82. The lowest BCUT2D eigenvalue weighted by atomic mass is 9.84. The van der Waals surface area contributed by atoms with Gasteiger partial charge in [0.25, 0.3) is 0 Å². The Morgan fingerprint density at radius 2 is 1.95 bits per heavy atom. The second kappa shape index (κ2) is 5.23. The van der Waals surface area contributed by atoms with Crippen LogP contribution in [-0.4, -0.2) is 30.1 Å². The Kier molecular flexibility index (Phi) is 3.94. The van der Waals surface area contributed by atoms with Crippen molar-refractivity contribution in [3.05, 3.63) is 11.9 Å². The highest BCUT2D eigenvalue weighted by Gasteiger charge is 2.28. The van der Waals surface area contributed by atoms with Crippen LogP contribution in [0.25, 0.3) is 0 Å². The van der Waals surface area contributed by atoms with Gasteiger partial charge in [0.05, 0.1) is 0 Å². The van der Waals surface area contributed by atoms with Crippen molar-refractivity contribution < 1.29 is 0 Å². The minimum Gasteiger partial charge on any atom is -0.373 e. The van der Waals surface area contributed by atoms with E-state index in [-0.39, 0.29) is 5.41 Å². The topological polar surface area (TPSA) is 41.0 Å². The molecule has 0 aromatic carbocycles. The number of hydrogen-bond acceptors (Lipinski definition) is 4. The molecule has 112 valence electrons. The molecule has 1 aliphatic heterocycles. The number of rotatable bonds is 2. The van der Waals surface area contributed by atoms with E-state index in [2.05, 4.69) is 55.9 Å².